The minimum atomic E-state index is 0.334. The van der Waals surface area contributed by atoms with Gasteiger partial charge in [0, 0.05) is 44.3 Å². The summed E-state index contributed by atoms with van der Waals surface area (Å²) < 4.78 is 0. The van der Waals surface area contributed by atoms with Gasteiger partial charge in [-0.05, 0) is 53.9 Å². The van der Waals surface area contributed by atoms with Crippen LogP contribution in [0.15, 0.2) is 0 Å². The van der Waals surface area contributed by atoms with Gasteiger partial charge in [0.05, 0.1) is 0 Å². The molecule has 2 fully saturated rings. The predicted octanol–water partition coefficient (Wildman–Crippen LogP) is 0.696. The molecule has 2 heterocycles. The molecule has 112 valence electrons. The van der Waals surface area contributed by atoms with E-state index in [4.69, 9.17) is 0 Å². The van der Waals surface area contributed by atoms with Crippen molar-refractivity contribution < 1.29 is 0 Å². The van der Waals surface area contributed by atoms with E-state index in [1.54, 1.807) is 0 Å². The van der Waals surface area contributed by atoms with Gasteiger partial charge in [-0.25, -0.2) is 0 Å². The lowest BCUT2D eigenvalue weighted by molar-refractivity contribution is 0.0812. The van der Waals surface area contributed by atoms with Crippen LogP contribution in [0.25, 0.3) is 0 Å². The van der Waals surface area contributed by atoms with Crippen LogP contribution in [0.1, 0.15) is 26.7 Å². The first kappa shape index (κ1) is 15.2. The van der Waals surface area contributed by atoms with Crippen LogP contribution in [0.3, 0.4) is 0 Å². The zero-order valence-electron chi connectivity index (χ0n) is 13.3. The maximum atomic E-state index is 3.44. The monoisotopic (exact) mass is 268 g/mol. The Labute approximate surface area is 119 Å². The summed E-state index contributed by atoms with van der Waals surface area (Å²) in [6.07, 6.45) is 2.60. The molecule has 0 aliphatic carbocycles. The summed E-state index contributed by atoms with van der Waals surface area (Å²) in [7, 11) is 4.54. The molecule has 1 unspecified atom stereocenters. The van der Waals surface area contributed by atoms with Crippen LogP contribution in [-0.2, 0) is 0 Å². The van der Waals surface area contributed by atoms with Crippen LogP contribution < -0.4 is 5.32 Å². The first-order valence-electron chi connectivity index (χ1n) is 7.83. The van der Waals surface area contributed by atoms with Crippen LogP contribution >= 0.6 is 0 Å². The predicted molar refractivity (Wildman–Crippen MR) is 81.7 cm³/mol. The largest absolute Gasteiger partial charge is 0.314 e. The van der Waals surface area contributed by atoms with Crippen molar-refractivity contribution in [1.82, 2.24) is 20.0 Å². The number of nitrogens with zero attached hydrogens (tertiary/aromatic N) is 3. The summed E-state index contributed by atoms with van der Waals surface area (Å²) in [5, 5.41) is 3.44. The number of likely N-dealkylation sites (tertiary alicyclic amines) is 1. The summed E-state index contributed by atoms with van der Waals surface area (Å²) in [5.41, 5.74) is 0.334. The van der Waals surface area contributed by atoms with E-state index in [2.05, 4.69) is 48.0 Å². The van der Waals surface area contributed by atoms with Gasteiger partial charge in [0.15, 0.2) is 0 Å². The highest BCUT2D eigenvalue weighted by Crippen LogP contribution is 2.21. The van der Waals surface area contributed by atoms with Gasteiger partial charge in [-0.1, -0.05) is 0 Å². The Bertz CT molecular complexity index is 273. The fraction of sp³-hybridized carbons (Fsp3) is 1.00. The molecule has 0 spiro atoms. The summed E-state index contributed by atoms with van der Waals surface area (Å²) in [6.45, 7) is 13.2. The van der Waals surface area contributed by atoms with Gasteiger partial charge in [0.1, 0.15) is 0 Å². The van der Waals surface area contributed by atoms with Crippen molar-refractivity contribution in [2.75, 3.05) is 59.9 Å². The Hall–Kier alpha value is -0.160. The lowest BCUT2D eigenvalue weighted by Gasteiger charge is -2.42. The molecule has 19 heavy (non-hydrogen) atoms. The molecule has 2 aliphatic heterocycles. The molecule has 0 aromatic rings. The number of hydrogen-bond acceptors (Lipinski definition) is 4. The number of rotatable bonds is 5. The smallest absolute Gasteiger partial charge is 0.0232 e. The molecule has 1 N–H and O–H groups in total. The highest BCUT2D eigenvalue weighted by molar-refractivity contribution is 4.87. The minimum Gasteiger partial charge on any atom is -0.314 e. The van der Waals surface area contributed by atoms with Crippen molar-refractivity contribution in [2.24, 2.45) is 0 Å². The molecule has 4 heteroatoms. The van der Waals surface area contributed by atoms with Crippen LogP contribution in [0, 0.1) is 0 Å². The second-order valence-electron chi connectivity index (χ2n) is 6.98. The molecule has 4 nitrogen and oxygen atoms in total. The first-order valence-corrected chi connectivity index (χ1v) is 7.83. The van der Waals surface area contributed by atoms with Gasteiger partial charge in [0.25, 0.3) is 0 Å². The molecule has 0 bridgehead atoms. The average Bonchev–Trinajstić information content (AvgIpc) is 2.84. The van der Waals surface area contributed by atoms with E-state index in [1.807, 2.05) is 0 Å². The van der Waals surface area contributed by atoms with E-state index in [1.165, 1.54) is 45.6 Å². The second-order valence-corrected chi connectivity index (χ2v) is 6.98. The Morgan fingerprint density at radius 1 is 1.21 bits per heavy atom. The zero-order valence-corrected chi connectivity index (χ0v) is 13.3. The van der Waals surface area contributed by atoms with Crippen molar-refractivity contribution in [3.05, 3.63) is 0 Å². The summed E-state index contributed by atoms with van der Waals surface area (Å²) in [4.78, 5) is 7.67. The fourth-order valence-corrected chi connectivity index (χ4v) is 3.33. The van der Waals surface area contributed by atoms with E-state index in [9.17, 15) is 0 Å². The van der Waals surface area contributed by atoms with E-state index in [0.717, 1.165) is 19.1 Å². The maximum absolute atomic E-state index is 3.44. The molecule has 2 aliphatic rings. The van der Waals surface area contributed by atoms with E-state index < -0.39 is 0 Å². The molecule has 0 aromatic heterocycles. The average molecular weight is 268 g/mol. The Kier molecular flexibility index (Phi) is 5.23. The molecular formula is C15H32N4. The van der Waals surface area contributed by atoms with E-state index in [-0.39, 0.29) is 0 Å². The summed E-state index contributed by atoms with van der Waals surface area (Å²) >= 11 is 0. The van der Waals surface area contributed by atoms with Crippen molar-refractivity contribution in [1.29, 1.82) is 0 Å². The normalized spacial score (nSPS) is 27.3. The Balaban J connectivity index is 1.76. The molecule has 0 amide bonds. The SMILES string of the molecule is CN1CCC(N(C)CCC(C)(C)N2CCNCC2)C1. The molecule has 2 rings (SSSR count). The van der Waals surface area contributed by atoms with Crippen LogP contribution in [-0.4, -0.2) is 86.2 Å². The van der Waals surface area contributed by atoms with Crippen molar-refractivity contribution >= 4 is 0 Å². The van der Waals surface area contributed by atoms with E-state index >= 15 is 0 Å². The van der Waals surface area contributed by atoms with Gasteiger partial charge in [-0.3, -0.25) is 4.90 Å². The number of piperazine rings is 1. The van der Waals surface area contributed by atoms with Crippen molar-refractivity contribution in [3.63, 3.8) is 0 Å². The van der Waals surface area contributed by atoms with Crippen LogP contribution in [0.5, 0.6) is 0 Å². The van der Waals surface area contributed by atoms with Crippen molar-refractivity contribution in [3.8, 4) is 0 Å². The highest BCUT2D eigenvalue weighted by atomic mass is 15.3. The van der Waals surface area contributed by atoms with Gasteiger partial charge in [-0.2, -0.15) is 0 Å². The van der Waals surface area contributed by atoms with Gasteiger partial charge < -0.3 is 15.1 Å². The fourth-order valence-electron chi connectivity index (χ4n) is 3.33. The van der Waals surface area contributed by atoms with Gasteiger partial charge >= 0.3 is 0 Å². The molecular weight excluding hydrogens is 236 g/mol. The maximum Gasteiger partial charge on any atom is 0.0232 e. The number of hydrogen-bond donors (Lipinski definition) is 1. The third kappa shape index (κ3) is 4.15. The zero-order chi connectivity index (χ0) is 13.9. The summed E-state index contributed by atoms with van der Waals surface area (Å²) in [6, 6.07) is 0.767. The molecule has 0 radical (unpaired) electrons. The minimum absolute atomic E-state index is 0.334. The highest BCUT2D eigenvalue weighted by Gasteiger charge is 2.29. The van der Waals surface area contributed by atoms with Crippen LogP contribution in [0.4, 0.5) is 0 Å². The number of likely N-dealkylation sites (N-methyl/N-ethyl adjacent to an activating group) is 2. The third-order valence-corrected chi connectivity index (χ3v) is 5.04. The molecule has 0 saturated carbocycles. The van der Waals surface area contributed by atoms with Crippen LogP contribution in [0.2, 0.25) is 0 Å². The first-order chi connectivity index (χ1) is 8.99. The molecule has 2 saturated heterocycles. The van der Waals surface area contributed by atoms with E-state index in [0.29, 0.717) is 5.54 Å². The molecule has 0 aromatic carbocycles. The Morgan fingerprint density at radius 3 is 2.47 bits per heavy atom. The lowest BCUT2D eigenvalue weighted by Crippen LogP contribution is -2.54. The van der Waals surface area contributed by atoms with Gasteiger partial charge in [0.2, 0.25) is 0 Å². The number of nitrogens with one attached hydrogen (secondary N) is 1. The Morgan fingerprint density at radius 2 is 1.89 bits per heavy atom. The van der Waals surface area contributed by atoms with Crippen molar-refractivity contribution in [2.45, 2.75) is 38.3 Å². The topological polar surface area (TPSA) is 21.8 Å². The second kappa shape index (κ2) is 6.53. The third-order valence-electron chi connectivity index (χ3n) is 5.04. The molecule has 1 atom stereocenters. The summed E-state index contributed by atoms with van der Waals surface area (Å²) in [5.74, 6) is 0. The van der Waals surface area contributed by atoms with Gasteiger partial charge in [-0.15, -0.1) is 0 Å². The quantitative estimate of drug-likeness (QED) is 0.792. The standard InChI is InChI=1S/C15H32N4/c1-15(2,19-11-7-16-8-12-19)6-10-18(4)14-5-9-17(3)13-14/h14,16H,5-13H2,1-4H3. The lowest BCUT2D eigenvalue weighted by atomic mass is 9.96.